The molecule has 22 heavy (non-hydrogen) atoms. The van der Waals surface area contributed by atoms with Crippen molar-refractivity contribution in [3.05, 3.63) is 11.6 Å². The number of ether oxygens (including phenoxy) is 2. The van der Waals surface area contributed by atoms with Gasteiger partial charge in [-0.15, -0.1) is 0 Å². The third-order valence-electron chi connectivity index (χ3n) is 3.95. The molecule has 0 saturated carbocycles. The van der Waals surface area contributed by atoms with Gasteiger partial charge in [-0.25, -0.2) is 0 Å². The molecule has 1 saturated heterocycles. The molecule has 130 valence electrons. The highest BCUT2D eigenvalue weighted by molar-refractivity contribution is 4.92. The SMILES string of the molecule is CC(C)=CCC[C@@H](C)CCO[C@H]1O[C@H](CO)[C@@H](O)[C@H](O)[C@H]1O. The van der Waals surface area contributed by atoms with Crippen molar-refractivity contribution < 1.29 is 29.9 Å². The van der Waals surface area contributed by atoms with Crippen LogP contribution in [0.3, 0.4) is 0 Å². The Morgan fingerprint density at radius 1 is 1.14 bits per heavy atom. The van der Waals surface area contributed by atoms with E-state index in [1.54, 1.807) is 0 Å². The molecule has 0 aliphatic carbocycles. The Hall–Kier alpha value is -0.500. The Kier molecular flexibility index (Phi) is 8.53. The van der Waals surface area contributed by atoms with Crippen molar-refractivity contribution in [2.24, 2.45) is 5.92 Å². The van der Waals surface area contributed by atoms with Gasteiger partial charge in [0.2, 0.25) is 0 Å². The van der Waals surface area contributed by atoms with Gasteiger partial charge >= 0.3 is 0 Å². The second-order valence-corrected chi connectivity index (χ2v) is 6.32. The molecule has 4 N–H and O–H groups in total. The molecule has 0 amide bonds. The largest absolute Gasteiger partial charge is 0.394 e. The van der Waals surface area contributed by atoms with E-state index in [1.807, 2.05) is 0 Å². The molecule has 1 aliphatic heterocycles. The van der Waals surface area contributed by atoms with Crippen molar-refractivity contribution in [1.82, 2.24) is 0 Å². The summed E-state index contributed by atoms with van der Waals surface area (Å²) in [4.78, 5) is 0. The maximum atomic E-state index is 9.84. The van der Waals surface area contributed by atoms with Crippen LogP contribution in [0.4, 0.5) is 0 Å². The van der Waals surface area contributed by atoms with Gasteiger partial charge in [0.25, 0.3) is 0 Å². The molecule has 0 aromatic heterocycles. The lowest BCUT2D eigenvalue weighted by atomic mass is 9.99. The van der Waals surface area contributed by atoms with Crippen molar-refractivity contribution in [3.8, 4) is 0 Å². The Labute approximate surface area is 132 Å². The Balaban J connectivity index is 2.32. The van der Waals surface area contributed by atoms with Gasteiger partial charge in [0.15, 0.2) is 6.29 Å². The van der Waals surface area contributed by atoms with Crippen LogP contribution in [0.5, 0.6) is 0 Å². The summed E-state index contributed by atoms with van der Waals surface area (Å²) in [7, 11) is 0. The summed E-state index contributed by atoms with van der Waals surface area (Å²) in [5.74, 6) is 0.473. The highest BCUT2D eigenvalue weighted by Gasteiger charge is 2.43. The van der Waals surface area contributed by atoms with Crippen LogP contribution < -0.4 is 0 Å². The highest BCUT2D eigenvalue weighted by atomic mass is 16.7. The summed E-state index contributed by atoms with van der Waals surface area (Å²) in [6, 6.07) is 0. The molecule has 1 rings (SSSR count). The van der Waals surface area contributed by atoms with E-state index in [-0.39, 0.29) is 0 Å². The minimum atomic E-state index is -1.38. The number of hydrogen-bond acceptors (Lipinski definition) is 6. The fraction of sp³-hybridized carbons (Fsp3) is 0.875. The average molecular weight is 318 g/mol. The smallest absolute Gasteiger partial charge is 0.186 e. The van der Waals surface area contributed by atoms with E-state index >= 15 is 0 Å². The molecule has 0 aromatic rings. The van der Waals surface area contributed by atoms with Crippen LogP contribution in [0.15, 0.2) is 11.6 Å². The molecule has 0 radical (unpaired) electrons. The van der Waals surface area contributed by atoms with Crippen LogP contribution >= 0.6 is 0 Å². The maximum absolute atomic E-state index is 9.84. The zero-order valence-electron chi connectivity index (χ0n) is 13.7. The predicted octanol–water partition coefficient (Wildman–Crippen LogP) is 0.575. The van der Waals surface area contributed by atoms with Crippen molar-refractivity contribution in [2.45, 2.75) is 70.7 Å². The second kappa shape index (κ2) is 9.60. The molecule has 0 spiro atoms. The van der Waals surface area contributed by atoms with Gasteiger partial charge in [0.05, 0.1) is 13.2 Å². The van der Waals surface area contributed by atoms with Crippen LogP contribution in [0.2, 0.25) is 0 Å². The van der Waals surface area contributed by atoms with Crippen molar-refractivity contribution in [1.29, 1.82) is 0 Å². The number of aliphatic hydroxyl groups excluding tert-OH is 4. The van der Waals surface area contributed by atoms with Crippen LogP contribution in [-0.2, 0) is 9.47 Å². The Morgan fingerprint density at radius 2 is 1.82 bits per heavy atom. The van der Waals surface area contributed by atoms with Crippen LogP contribution in [0, 0.1) is 5.92 Å². The minimum Gasteiger partial charge on any atom is -0.394 e. The van der Waals surface area contributed by atoms with Crippen LogP contribution in [0.1, 0.15) is 40.0 Å². The summed E-state index contributed by atoms with van der Waals surface area (Å²) in [6.45, 7) is 6.23. The third kappa shape index (κ3) is 5.95. The Bertz CT molecular complexity index is 340. The second-order valence-electron chi connectivity index (χ2n) is 6.32. The monoisotopic (exact) mass is 318 g/mol. The lowest BCUT2D eigenvalue weighted by molar-refractivity contribution is -0.301. The highest BCUT2D eigenvalue weighted by Crippen LogP contribution is 2.22. The van der Waals surface area contributed by atoms with Gasteiger partial charge in [-0.05, 0) is 39.0 Å². The zero-order chi connectivity index (χ0) is 16.7. The number of rotatable bonds is 8. The first-order valence-electron chi connectivity index (χ1n) is 7.92. The van der Waals surface area contributed by atoms with Crippen molar-refractivity contribution >= 4 is 0 Å². The molecule has 6 heteroatoms. The molecule has 6 atom stereocenters. The molecule has 1 heterocycles. The fourth-order valence-corrected chi connectivity index (χ4v) is 2.39. The van der Waals surface area contributed by atoms with E-state index in [4.69, 9.17) is 14.6 Å². The topological polar surface area (TPSA) is 99.4 Å². The fourth-order valence-electron chi connectivity index (χ4n) is 2.39. The van der Waals surface area contributed by atoms with E-state index in [0.29, 0.717) is 12.5 Å². The number of allylic oxidation sites excluding steroid dienone is 2. The lowest BCUT2D eigenvalue weighted by Gasteiger charge is -2.39. The van der Waals surface area contributed by atoms with E-state index in [0.717, 1.165) is 19.3 Å². The molecular formula is C16H30O6. The summed E-state index contributed by atoms with van der Waals surface area (Å²) < 4.78 is 10.8. The van der Waals surface area contributed by atoms with E-state index in [2.05, 4.69) is 26.8 Å². The van der Waals surface area contributed by atoms with E-state index in [9.17, 15) is 15.3 Å². The lowest BCUT2D eigenvalue weighted by Crippen LogP contribution is -2.59. The van der Waals surface area contributed by atoms with Crippen molar-refractivity contribution in [3.63, 3.8) is 0 Å². The van der Waals surface area contributed by atoms with Gasteiger partial charge in [-0.3, -0.25) is 0 Å². The first-order chi connectivity index (χ1) is 10.4. The average Bonchev–Trinajstić information content (AvgIpc) is 2.47. The van der Waals surface area contributed by atoms with Gasteiger partial charge in [0, 0.05) is 0 Å². The van der Waals surface area contributed by atoms with Gasteiger partial charge < -0.3 is 29.9 Å². The predicted molar refractivity (Wildman–Crippen MR) is 82.2 cm³/mol. The summed E-state index contributed by atoms with van der Waals surface area (Å²) in [5.41, 5.74) is 1.31. The summed E-state index contributed by atoms with van der Waals surface area (Å²) >= 11 is 0. The number of hydrogen-bond donors (Lipinski definition) is 4. The molecule has 1 aliphatic rings. The van der Waals surface area contributed by atoms with Gasteiger partial charge in [-0.2, -0.15) is 0 Å². The summed E-state index contributed by atoms with van der Waals surface area (Å²) in [6.07, 6.45) is -0.889. The maximum Gasteiger partial charge on any atom is 0.186 e. The minimum absolute atomic E-state index is 0.388. The molecule has 1 fully saturated rings. The summed E-state index contributed by atoms with van der Waals surface area (Å²) in [5, 5.41) is 38.3. The van der Waals surface area contributed by atoms with E-state index in [1.165, 1.54) is 5.57 Å². The van der Waals surface area contributed by atoms with Crippen LogP contribution in [-0.4, -0.2) is 64.3 Å². The van der Waals surface area contributed by atoms with Crippen LogP contribution in [0.25, 0.3) is 0 Å². The normalized spacial score (nSPS) is 33.5. The first-order valence-corrected chi connectivity index (χ1v) is 7.92. The van der Waals surface area contributed by atoms with Crippen molar-refractivity contribution in [2.75, 3.05) is 13.2 Å². The third-order valence-corrected chi connectivity index (χ3v) is 3.95. The van der Waals surface area contributed by atoms with Gasteiger partial charge in [0.1, 0.15) is 24.4 Å². The quantitative estimate of drug-likeness (QED) is 0.489. The zero-order valence-corrected chi connectivity index (χ0v) is 13.7. The van der Waals surface area contributed by atoms with Gasteiger partial charge in [-0.1, -0.05) is 18.6 Å². The Morgan fingerprint density at radius 3 is 2.41 bits per heavy atom. The number of aliphatic hydroxyl groups is 4. The molecular weight excluding hydrogens is 288 g/mol. The molecule has 0 bridgehead atoms. The standard InChI is InChI=1S/C16H30O6/c1-10(2)5-4-6-11(3)7-8-21-16-15(20)14(19)13(18)12(9-17)22-16/h5,11-20H,4,6-9H2,1-3H3/t11-,12-,13-,14+,15-,16+/m1/s1. The molecule has 0 unspecified atom stereocenters. The van der Waals surface area contributed by atoms with E-state index < -0.39 is 37.3 Å². The molecule has 0 aromatic carbocycles. The first kappa shape index (κ1) is 19.5. The molecule has 6 nitrogen and oxygen atoms in total.